The molecule has 0 aromatic heterocycles. The topological polar surface area (TPSA) is 27.7 Å². The fraction of sp³-hybridized carbons (Fsp3) is 0.571. The minimum Gasteiger partial charge on any atom is -0.373 e. The highest BCUT2D eigenvalue weighted by Crippen LogP contribution is 2.19. The summed E-state index contributed by atoms with van der Waals surface area (Å²) >= 11 is 0. The zero-order valence-corrected chi connectivity index (χ0v) is 10.3. The molecule has 2 atom stereocenters. The molecular formula is C14H20O3. The smallest absolute Gasteiger partial charge is 0.160 e. The molecule has 0 bridgehead atoms. The van der Waals surface area contributed by atoms with E-state index in [1.165, 1.54) is 5.56 Å². The molecule has 1 fully saturated rings. The Labute approximate surface area is 103 Å². The molecule has 1 heterocycles. The molecule has 0 unspecified atom stereocenters. The van der Waals surface area contributed by atoms with E-state index < -0.39 is 0 Å². The Morgan fingerprint density at radius 2 is 2.06 bits per heavy atom. The second-order valence-corrected chi connectivity index (χ2v) is 4.20. The van der Waals surface area contributed by atoms with E-state index in [1.807, 2.05) is 25.1 Å². The quantitative estimate of drug-likeness (QED) is 0.786. The molecule has 0 saturated carbocycles. The number of hydrogen-bond donors (Lipinski definition) is 0. The van der Waals surface area contributed by atoms with Gasteiger partial charge in [0, 0.05) is 13.0 Å². The lowest BCUT2D eigenvalue weighted by Crippen LogP contribution is -2.32. The van der Waals surface area contributed by atoms with Gasteiger partial charge in [0.2, 0.25) is 0 Å². The lowest BCUT2D eigenvalue weighted by molar-refractivity contribution is -0.191. The Hall–Kier alpha value is -0.900. The van der Waals surface area contributed by atoms with Gasteiger partial charge in [-0.25, -0.2) is 0 Å². The van der Waals surface area contributed by atoms with Gasteiger partial charge in [-0.2, -0.15) is 0 Å². The molecule has 0 aliphatic carbocycles. The third-order valence-corrected chi connectivity index (χ3v) is 2.88. The van der Waals surface area contributed by atoms with E-state index in [1.54, 1.807) is 0 Å². The average Bonchev–Trinajstić information content (AvgIpc) is 2.39. The first-order chi connectivity index (χ1) is 8.38. The SMILES string of the molecule is CCO[C@@H]1C[C@@H](OCc2ccccc2)CCO1. The van der Waals surface area contributed by atoms with Crippen molar-refractivity contribution in [2.75, 3.05) is 13.2 Å². The monoisotopic (exact) mass is 236 g/mol. The van der Waals surface area contributed by atoms with E-state index in [4.69, 9.17) is 14.2 Å². The summed E-state index contributed by atoms with van der Waals surface area (Å²) in [6.45, 7) is 4.07. The van der Waals surface area contributed by atoms with Crippen molar-refractivity contribution in [2.45, 2.75) is 38.8 Å². The van der Waals surface area contributed by atoms with Crippen LogP contribution < -0.4 is 0 Å². The van der Waals surface area contributed by atoms with Crippen molar-refractivity contribution in [3.63, 3.8) is 0 Å². The molecule has 3 heteroatoms. The lowest BCUT2D eigenvalue weighted by atomic mass is 10.1. The van der Waals surface area contributed by atoms with Crippen LogP contribution in [-0.2, 0) is 20.8 Å². The van der Waals surface area contributed by atoms with E-state index >= 15 is 0 Å². The summed E-state index contributed by atoms with van der Waals surface area (Å²) in [7, 11) is 0. The van der Waals surface area contributed by atoms with Crippen LogP contribution in [0.5, 0.6) is 0 Å². The van der Waals surface area contributed by atoms with E-state index in [-0.39, 0.29) is 12.4 Å². The molecule has 1 saturated heterocycles. The molecule has 0 amide bonds. The minimum atomic E-state index is -0.0884. The zero-order valence-electron chi connectivity index (χ0n) is 10.3. The van der Waals surface area contributed by atoms with Gasteiger partial charge in [-0.1, -0.05) is 30.3 Å². The summed E-state index contributed by atoms with van der Waals surface area (Å²) in [6, 6.07) is 10.2. The Morgan fingerprint density at radius 3 is 2.82 bits per heavy atom. The third kappa shape index (κ3) is 4.11. The lowest BCUT2D eigenvalue weighted by Gasteiger charge is -2.29. The number of benzene rings is 1. The summed E-state index contributed by atoms with van der Waals surface area (Å²) in [6.07, 6.45) is 1.95. The molecule has 0 spiro atoms. The van der Waals surface area contributed by atoms with Crippen molar-refractivity contribution in [2.24, 2.45) is 0 Å². The van der Waals surface area contributed by atoms with Crippen LogP contribution in [0.3, 0.4) is 0 Å². The summed E-state index contributed by atoms with van der Waals surface area (Å²) in [4.78, 5) is 0. The fourth-order valence-electron chi connectivity index (χ4n) is 1.97. The molecule has 1 aromatic rings. The van der Waals surface area contributed by atoms with E-state index in [0.29, 0.717) is 13.2 Å². The van der Waals surface area contributed by atoms with Crippen LogP contribution in [-0.4, -0.2) is 25.6 Å². The molecule has 1 aliphatic heterocycles. The fourth-order valence-corrected chi connectivity index (χ4v) is 1.97. The van der Waals surface area contributed by atoms with E-state index in [9.17, 15) is 0 Å². The van der Waals surface area contributed by atoms with Crippen molar-refractivity contribution < 1.29 is 14.2 Å². The number of rotatable bonds is 5. The van der Waals surface area contributed by atoms with Crippen LogP contribution >= 0.6 is 0 Å². The largest absolute Gasteiger partial charge is 0.373 e. The van der Waals surface area contributed by atoms with Gasteiger partial charge in [0.1, 0.15) is 0 Å². The van der Waals surface area contributed by atoms with Crippen LogP contribution in [0.2, 0.25) is 0 Å². The molecule has 94 valence electrons. The molecule has 0 N–H and O–H groups in total. The number of hydrogen-bond acceptors (Lipinski definition) is 3. The molecule has 17 heavy (non-hydrogen) atoms. The first-order valence-electron chi connectivity index (χ1n) is 6.27. The Balaban J connectivity index is 1.75. The zero-order chi connectivity index (χ0) is 11.9. The molecule has 1 aliphatic rings. The van der Waals surface area contributed by atoms with Crippen molar-refractivity contribution in [3.8, 4) is 0 Å². The second kappa shape index (κ2) is 6.74. The van der Waals surface area contributed by atoms with Gasteiger partial charge < -0.3 is 14.2 Å². The normalized spacial score (nSPS) is 24.8. The van der Waals surface area contributed by atoms with Crippen molar-refractivity contribution in [1.29, 1.82) is 0 Å². The molecule has 2 rings (SSSR count). The maximum absolute atomic E-state index is 5.89. The van der Waals surface area contributed by atoms with Gasteiger partial charge in [-0.05, 0) is 18.9 Å². The average molecular weight is 236 g/mol. The Bertz CT molecular complexity index is 311. The van der Waals surface area contributed by atoms with Gasteiger partial charge >= 0.3 is 0 Å². The predicted octanol–water partition coefficient (Wildman–Crippen LogP) is 2.74. The summed E-state index contributed by atoms with van der Waals surface area (Å²) in [5.74, 6) is 0. The first-order valence-corrected chi connectivity index (χ1v) is 6.27. The van der Waals surface area contributed by atoms with Gasteiger partial charge in [-0.15, -0.1) is 0 Å². The van der Waals surface area contributed by atoms with E-state index in [2.05, 4.69) is 12.1 Å². The van der Waals surface area contributed by atoms with Gasteiger partial charge in [0.15, 0.2) is 6.29 Å². The van der Waals surface area contributed by atoms with E-state index in [0.717, 1.165) is 19.4 Å². The molecule has 1 aromatic carbocycles. The van der Waals surface area contributed by atoms with Crippen LogP contribution in [0.4, 0.5) is 0 Å². The highest BCUT2D eigenvalue weighted by Gasteiger charge is 2.23. The summed E-state index contributed by atoms with van der Waals surface area (Å²) in [5.41, 5.74) is 1.21. The van der Waals surface area contributed by atoms with Crippen LogP contribution in [0.25, 0.3) is 0 Å². The van der Waals surface area contributed by atoms with Gasteiger partial charge in [-0.3, -0.25) is 0 Å². The van der Waals surface area contributed by atoms with Crippen LogP contribution in [0, 0.1) is 0 Å². The Kier molecular flexibility index (Phi) is 4.98. The summed E-state index contributed by atoms with van der Waals surface area (Å²) in [5, 5.41) is 0. The molecular weight excluding hydrogens is 216 g/mol. The van der Waals surface area contributed by atoms with Crippen molar-refractivity contribution >= 4 is 0 Å². The number of ether oxygens (including phenoxy) is 3. The highest BCUT2D eigenvalue weighted by molar-refractivity contribution is 5.13. The van der Waals surface area contributed by atoms with Gasteiger partial charge in [0.25, 0.3) is 0 Å². The van der Waals surface area contributed by atoms with Crippen LogP contribution in [0.1, 0.15) is 25.3 Å². The predicted molar refractivity (Wildman–Crippen MR) is 65.6 cm³/mol. The molecule has 3 nitrogen and oxygen atoms in total. The van der Waals surface area contributed by atoms with Crippen molar-refractivity contribution in [1.82, 2.24) is 0 Å². The minimum absolute atomic E-state index is 0.0884. The van der Waals surface area contributed by atoms with Crippen LogP contribution in [0.15, 0.2) is 30.3 Å². The van der Waals surface area contributed by atoms with Gasteiger partial charge in [0.05, 0.1) is 19.3 Å². The van der Waals surface area contributed by atoms with Crippen molar-refractivity contribution in [3.05, 3.63) is 35.9 Å². The maximum Gasteiger partial charge on any atom is 0.160 e. The third-order valence-electron chi connectivity index (χ3n) is 2.88. The molecule has 0 radical (unpaired) electrons. The summed E-state index contributed by atoms with van der Waals surface area (Å²) < 4.78 is 16.8. The standard InChI is InChI=1S/C14H20O3/c1-2-15-14-10-13(8-9-16-14)17-11-12-6-4-3-5-7-12/h3-7,13-14H,2,8-11H2,1H3/t13-,14-/m0/s1. The second-order valence-electron chi connectivity index (χ2n) is 4.20. The first kappa shape index (κ1) is 12.6. The Morgan fingerprint density at radius 1 is 1.24 bits per heavy atom. The highest BCUT2D eigenvalue weighted by atomic mass is 16.7. The maximum atomic E-state index is 5.89.